The van der Waals surface area contributed by atoms with E-state index >= 15 is 0 Å². The van der Waals surface area contributed by atoms with E-state index in [4.69, 9.17) is 4.42 Å². The summed E-state index contributed by atoms with van der Waals surface area (Å²) in [5.74, 6) is -0.733. The number of amides is 1. The third kappa shape index (κ3) is 3.27. The summed E-state index contributed by atoms with van der Waals surface area (Å²) in [6, 6.07) is 24.7. The average Bonchev–Trinajstić information content (AvgIpc) is 3.03. The fourth-order valence-corrected chi connectivity index (χ4v) is 3.06. The Morgan fingerprint density at radius 1 is 0.926 bits per heavy atom. The largest absolute Gasteiger partial charge is 0.420 e. The van der Waals surface area contributed by atoms with Crippen LogP contribution in [-0.4, -0.2) is 17.5 Å². The van der Waals surface area contributed by atoms with E-state index in [9.17, 15) is 9.59 Å². The summed E-state index contributed by atoms with van der Waals surface area (Å²) in [5, 5.41) is 0. The highest BCUT2D eigenvalue weighted by atomic mass is 16.4. The molecule has 4 aromatic rings. The van der Waals surface area contributed by atoms with Crippen molar-refractivity contribution in [3.8, 4) is 11.1 Å². The van der Waals surface area contributed by atoms with Gasteiger partial charge in [0.25, 0.3) is 0 Å². The Hall–Kier alpha value is -3.60. The standard InChI is InChI=1S/C22H18N2O3/c1-23(18-10-6-3-7-11-18)21(25)15-24-19-13-12-17(14-20(19)27-22(24)26)16-8-4-2-5-9-16/h2-14H,15H2,1H3. The van der Waals surface area contributed by atoms with E-state index in [1.807, 2.05) is 78.9 Å². The smallest absolute Gasteiger partial charge is 0.408 e. The summed E-state index contributed by atoms with van der Waals surface area (Å²) >= 11 is 0. The number of anilines is 1. The minimum absolute atomic E-state index is 0.0814. The molecule has 0 fully saturated rings. The minimum Gasteiger partial charge on any atom is -0.408 e. The van der Waals surface area contributed by atoms with Gasteiger partial charge < -0.3 is 9.32 Å². The molecule has 0 atom stereocenters. The molecule has 134 valence electrons. The first kappa shape index (κ1) is 16.8. The van der Waals surface area contributed by atoms with Crippen molar-refractivity contribution in [2.75, 3.05) is 11.9 Å². The number of carbonyl (C=O) groups excluding carboxylic acids is 1. The molecule has 0 bridgehead atoms. The van der Waals surface area contributed by atoms with Gasteiger partial charge in [-0.1, -0.05) is 54.6 Å². The van der Waals surface area contributed by atoms with Crippen LogP contribution >= 0.6 is 0 Å². The van der Waals surface area contributed by atoms with Crippen molar-refractivity contribution in [2.45, 2.75) is 6.54 Å². The quantitative estimate of drug-likeness (QED) is 0.555. The molecule has 0 saturated carbocycles. The van der Waals surface area contributed by atoms with Crippen LogP contribution in [0.4, 0.5) is 5.69 Å². The summed E-state index contributed by atoms with van der Waals surface area (Å²) in [4.78, 5) is 26.5. The predicted octanol–water partition coefficient (Wildman–Crippen LogP) is 3.92. The van der Waals surface area contributed by atoms with Gasteiger partial charge >= 0.3 is 5.76 Å². The molecular weight excluding hydrogens is 340 g/mol. The van der Waals surface area contributed by atoms with Crippen molar-refractivity contribution in [2.24, 2.45) is 0 Å². The highest BCUT2D eigenvalue weighted by molar-refractivity contribution is 5.93. The van der Waals surface area contributed by atoms with Gasteiger partial charge in [0, 0.05) is 12.7 Å². The number of oxazole rings is 1. The molecule has 0 N–H and O–H groups in total. The lowest BCUT2D eigenvalue weighted by Gasteiger charge is -2.17. The third-order valence-electron chi connectivity index (χ3n) is 4.59. The van der Waals surface area contributed by atoms with E-state index in [-0.39, 0.29) is 12.5 Å². The normalized spacial score (nSPS) is 10.9. The topological polar surface area (TPSA) is 55.5 Å². The first-order chi connectivity index (χ1) is 13.1. The molecule has 1 amide bonds. The number of para-hydroxylation sites is 1. The Morgan fingerprint density at radius 2 is 1.59 bits per heavy atom. The molecule has 1 aromatic heterocycles. The Labute approximate surface area is 156 Å². The number of hydrogen-bond acceptors (Lipinski definition) is 3. The zero-order chi connectivity index (χ0) is 18.8. The van der Waals surface area contributed by atoms with E-state index in [2.05, 4.69) is 0 Å². The van der Waals surface area contributed by atoms with E-state index < -0.39 is 5.76 Å². The maximum absolute atomic E-state index is 12.6. The second-order valence-corrected chi connectivity index (χ2v) is 6.29. The molecule has 0 unspecified atom stereocenters. The maximum Gasteiger partial charge on any atom is 0.420 e. The van der Waals surface area contributed by atoms with Gasteiger partial charge in [-0.3, -0.25) is 9.36 Å². The van der Waals surface area contributed by atoms with E-state index in [0.29, 0.717) is 11.1 Å². The SMILES string of the molecule is CN(C(=O)Cn1c(=O)oc2cc(-c3ccccc3)ccc21)c1ccccc1. The summed E-state index contributed by atoms with van der Waals surface area (Å²) in [5.41, 5.74) is 3.84. The molecule has 0 radical (unpaired) electrons. The lowest BCUT2D eigenvalue weighted by atomic mass is 10.1. The molecule has 0 saturated heterocycles. The summed E-state index contributed by atoms with van der Waals surface area (Å²) < 4.78 is 6.75. The number of benzene rings is 3. The Balaban J connectivity index is 1.65. The number of nitrogens with zero attached hydrogens (tertiary/aromatic N) is 2. The molecule has 5 nitrogen and oxygen atoms in total. The van der Waals surface area contributed by atoms with Gasteiger partial charge in [-0.05, 0) is 35.4 Å². The Morgan fingerprint density at radius 3 is 2.30 bits per heavy atom. The lowest BCUT2D eigenvalue weighted by Crippen LogP contribution is -2.32. The zero-order valence-corrected chi connectivity index (χ0v) is 14.8. The molecule has 0 aliphatic heterocycles. The van der Waals surface area contributed by atoms with Crippen molar-refractivity contribution in [3.05, 3.63) is 89.4 Å². The van der Waals surface area contributed by atoms with Crippen molar-refractivity contribution >= 4 is 22.7 Å². The van der Waals surface area contributed by atoms with Crippen LogP contribution in [0.25, 0.3) is 22.2 Å². The highest BCUT2D eigenvalue weighted by Gasteiger charge is 2.17. The van der Waals surface area contributed by atoms with Gasteiger partial charge in [-0.15, -0.1) is 0 Å². The highest BCUT2D eigenvalue weighted by Crippen LogP contribution is 2.24. The van der Waals surface area contributed by atoms with Crippen LogP contribution in [0.1, 0.15) is 0 Å². The molecular formula is C22H18N2O3. The lowest BCUT2D eigenvalue weighted by molar-refractivity contribution is -0.118. The van der Waals surface area contributed by atoms with Crippen LogP contribution in [0.15, 0.2) is 88.1 Å². The van der Waals surface area contributed by atoms with Crippen LogP contribution in [-0.2, 0) is 11.3 Å². The van der Waals surface area contributed by atoms with E-state index in [1.54, 1.807) is 7.05 Å². The number of rotatable bonds is 4. The Bertz CT molecular complexity index is 1140. The van der Waals surface area contributed by atoms with E-state index in [0.717, 1.165) is 16.8 Å². The molecule has 0 spiro atoms. The van der Waals surface area contributed by atoms with Crippen molar-refractivity contribution < 1.29 is 9.21 Å². The first-order valence-corrected chi connectivity index (χ1v) is 8.64. The van der Waals surface area contributed by atoms with E-state index in [1.165, 1.54) is 9.47 Å². The fourth-order valence-electron chi connectivity index (χ4n) is 3.06. The Kier molecular flexibility index (Phi) is 4.34. The molecule has 0 aliphatic carbocycles. The van der Waals surface area contributed by atoms with Crippen molar-refractivity contribution in [3.63, 3.8) is 0 Å². The monoisotopic (exact) mass is 358 g/mol. The van der Waals surface area contributed by atoms with Gasteiger partial charge in [0.15, 0.2) is 5.58 Å². The predicted molar refractivity (Wildman–Crippen MR) is 106 cm³/mol. The summed E-state index contributed by atoms with van der Waals surface area (Å²) in [7, 11) is 1.69. The maximum atomic E-state index is 12.6. The molecule has 1 heterocycles. The number of aromatic nitrogens is 1. The number of hydrogen-bond donors (Lipinski definition) is 0. The average molecular weight is 358 g/mol. The number of fused-ring (bicyclic) bond motifs is 1. The molecule has 27 heavy (non-hydrogen) atoms. The van der Waals surface area contributed by atoms with Gasteiger partial charge in [0.05, 0.1) is 5.52 Å². The zero-order valence-electron chi connectivity index (χ0n) is 14.8. The fraction of sp³-hybridized carbons (Fsp3) is 0.0909. The number of likely N-dealkylation sites (N-methyl/N-ethyl adjacent to an activating group) is 1. The summed E-state index contributed by atoms with van der Waals surface area (Å²) in [6.07, 6.45) is 0. The van der Waals surface area contributed by atoms with Crippen LogP contribution in [0.3, 0.4) is 0 Å². The van der Waals surface area contributed by atoms with Gasteiger partial charge in [-0.2, -0.15) is 0 Å². The molecule has 4 rings (SSSR count). The number of carbonyl (C=O) groups is 1. The first-order valence-electron chi connectivity index (χ1n) is 8.64. The summed E-state index contributed by atoms with van der Waals surface area (Å²) in [6.45, 7) is -0.0814. The van der Waals surface area contributed by atoms with Crippen LogP contribution in [0.5, 0.6) is 0 Å². The van der Waals surface area contributed by atoms with Gasteiger partial charge in [-0.25, -0.2) is 4.79 Å². The van der Waals surface area contributed by atoms with Gasteiger partial charge in [0.2, 0.25) is 5.91 Å². The van der Waals surface area contributed by atoms with Crippen molar-refractivity contribution in [1.82, 2.24) is 4.57 Å². The second kappa shape index (κ2) is 6.96. The van der Waals surface area contributed by atoms with Crippen LogP contribution in [0.2, 0.25) is 0 Å². The minimum atomic E-state index is -0.537. The van der Waals surface area contributed by atoms with Crippen LogP contribution < -0.4 is 10.7 Å². The van der Waals surface area contributed by atoms with Gasteiger partial charge in [0.1, 0.15) is 6.54 Å². The van der Waals surface area contributed by atoms with Crippen LogP contribution in [0, 0.1) is 0 Å². The molecule has 5 heteroatoms. The second-order valence-electron chi connectivity index (χ2n) is 6.29. The molecule has 3 aromatic carbocycles. The molecule has 0 aliphatic rings. The third-order valence-corrected chi connectivity index (χ3v) is 4.59. The van der Waals surface area contributed by atoms with Crippen molar-refractivity contribution in [1.29, 1.82) is 0 Å².